The first kappa shape index (κ1) is 12.5. The molecule has 0 bridgehead atoms. The van der Waals surface area contributed by atoms with Gasteiger partial charge in [0.2, 0.25) is 5.91 Å². The second kappa shape index (κ2) is 4.74. The van der Waals surface area contributed by atoms with E-state index < -0.39 is 6.04 Å². The molecule has 0 aromatic carbocycles. The van der Waals surface area contributed by atoms with E-state index in [1.807, 2.05) is 19.2 Å². The van der Waals surface area contributed by atoms with Crippen molar-refractivity contribution in [2.24, 2.45) is 5.73 Å². The minimum Gasteiger partial charge on any atom is -0.343 e. The third-order valence-electron chi connectivity index (χ3n) is 3.37. The molecule has 5 heteroatoms. The number of thiazole rings is 1. The molecule has 1 heterocycles. The molecule has 17 heavy (non-hydrogen) atoms. The number of aromatic nitrogens is 1. The van der Waals surface area contributed by atoms with E-state index in [9.17, 15) is 4.79 Å². The summed E-state index contributed by atoms with van der Waals surface area (Å²) in [7, 11) is 0. The summed E-state index contributed by atoms with van der Waals surface area (Å²) in [5.41, 5.74) is 6.54. The van der Waals surface area contributed by atoms with E-state index in [4.69, 9.17) is 5.73 Å². The first-order valence-corrected chi connectivity index (χ1v) is 6.95. The molecule has 0 aliphatic heterocycles. The minimum absolute atomic E-state index is 0.0555. The Morgan fingerprint density at radius 2 is 2.41 bits per heavy atom. The lowest BCUT2D eigenvalue weighted by Gasteiger charge is -2.41. The predicted octanol–water partition coefficient (Wildman–Crippen LogP) is 1.68. The summed E-state index contributed by atoms with van der Waals surface area (Å²) >= 11 is 1.63. The van der Waals surface area contributed by atoms with Gasteiger partial charge in [0.15, 0.2) is 0 Å². The Bertz CT molecular complexity index is 412. The number of carbonyl (C=O) groups is 1. The van der Waals surface area contributed by atoms with Gasteiger partial charge in [0.1, 0.15) is 5.01 Å². The molecule has 1 aromatic rings. The molecular formula is C12H19N3OS. The quantitative estimate of drug-likeness (QED) is 0.858. The number of carbonyl (C=O) groups excluding carboxylic acids is 1. The molecular weight excluding hydrogens is 234 g/mol. The van der Waals surface area contributed by atoms with Crippen molar-refractivity contribution in [1.29, 1.82) is 0 Å². The SMILES string of the molecule is CC[C@H](N)C(=O)NC1(c2nc(C)cs2)CCC1. The number of hydrogen-bond acceptors (Lipinski definition) is 4. The van der Waals surface area contributed by atoms with Gasteiger partial charge in [-0.2, -0.15) is 0 Å². The number of nitrogens with one attached hydrogen (secondary N) is 1. The van der Waals surface area contributed by atoms with Crippen LogP contribution in [0.3, 0.4) is 0 Å². The molecule has 1 saturated carbocycles. The standard InChI is InChI=1S/C12H19N3OS/c1-3-9(13)10(16)15-12(5-4-6-12)11-14-8(2)7-17-11/h7,9H,3-6,13H2,1-2H3,(H,15,16)/t9-/m0/s1. The average Bonchev–Trinajstić information content (AvgIpc) is 2.69. The molecule has 1 aliphatic carbocycles. The highest BCUT2D eigenvalue weighted by Crippen LogP contribution is 2.42. The average molecular weight is 253 g/mol. The fraction of sp³-hybridized carbons (Fsp3) is 0.667. The summed E-state index contributed by atoms with van der Waals surface area (Å²) in [6.07, 6.45) is 3.75. The van der Waals surface area contributed by atoms with Crippen molar-refractivity contribution in [3.63, 3.8) is 0 Å². The minimum atomic E-state index is -0.409. The van der Waals surface area contributed by atoms with Gasteiger partial charge in [-0.15, -0.1) is 11.3 Å². The Labute approximate surface area is 106 Å². The number of nitrogens with two attached hydrogens (primary N) is 1. The Morgan fingerprint density at radius 1 is 1.71 bits per heavy atom. The van der Waals surface area contributed by atoms with Crippen molar-refractivity contribution in [2.45, 2.75) is 51.1 Å². The number of hydrogen-bond donors (Lipinski definition) is 2. The topological polar surface area (TPSA) is 68.0 Å². The molecule has 0 spiro atoms. The maximum Gasteiger partial charge on any atom is 0.237 e. The fourth-order valence-electron chi connectivity index (χ4n) is 2.01. The Morgan fingerprint density at radius 3 is 2.82 bits per heavy atom. The maximum absolute atomic E-state index is 11.9. The van der Waals surface area contributed by atoms with E-state index in [-0.39, 0.29) is 11.4 Å². The number of amides is 1. The van der Waals surface area contributed by atoms with E-state index in [2.05, 4.69) is 10.3 Å². The predicted molar refractivity (Wildman–Crippen MR) is 68.8 cm³/mol. The summed E-state index contributed by atoms with van der Waals surface area (Å²) in [5, 5.41) is 6.15. The van der Waals surface area contributed by atoms with Gasteiger partial charge < -0.3 is 11.1 Å². The van der Waals surface area contributed by atoms with Gasteiger partial charge in [0.25, 0.3) is 0 Å². The van der Waals surface area contributed by atoms with E-state index in [1.54, 1.807) is 11.3 Å². The Balaban J connectivity index is 2.13. The van der Waals surface area contributed by atoms with Gasteiger partial charge in [-0.1, -0.05) is 6.92 Å². The van der Waals surface area contributed by atoms with Crippen LogP contribution in [0, 0.1) is 6.92 Å². The lowest BCUT2D eigenvalue weighted by atomic mass is 9.77. The largest absolute Gasteiger partial charge is 0.343 e. The normalized spacial score (nSPS) is 19.5. The molecule has 0 saturated heterocycles. The van der Waals surface area contributed by atoms with Crippen LogP contribution in [0.1, 0.15) is 43.3 Å². The molecule has 1 amide bonds. The first-order chi connectivity index (χ1) is 8.07. The van der Waals surface area contributed by atoms with E-state index in [0.29, 0.717) is 6.42 Å². The zero-order chi connectivity index (χ0) is 12.5. The molecule has 1 aromatic heterocycles. The molecule has 0 radical (unpaired) electrons. The molecule has 1 fully saturated rings. The monoisotopic (exact) mass is 253 g/mol. The van der Waals surface area contributed by atoms with Gasteiger partial charge in [-0.05, 0) is 32.6 Å². The van der Waals surface area contributed by atoms with E-state index in [1.165, 1.54) is 0 Å². The van der Waals surface area contributed by atoms with Crippen LogP contribution in [0.15, 0.2) is 5.38 Å². The zero-order valence-electron chi connectivity index (χ0n) is 10.3. The van der Waals surface area contributed by atoms with Crippen LogP contribution >= 0.6 is 11.3 Å². The third-order valence-corrected chi connectivity index (χ3v) is 4.54. The summed E-state index contributed by atoms with van der Waals surface area (Å²) < 4.78 is 0. The van der Waals surface area contributed by atoms with Crippen LogP contribution < -0.4 is 11.1 Å². The van der Waals surface area contributed by atoms with Gasteiger partial charge >= 0.3 is 0 Å². The summed E-state index contributed by atoms with van der Waals surface area (Å²) in [4.78, 5) is 16.4. The van der Waals surface area contributed by atoms with Crippen LogP contribution in [-0.4, -0.2) is 16.9 Å². The second-order valence-electron chi connectivity index (χ2n) is 4.73. The van der Waals surface area contributed by atoms with Crippen molar-refractivity contribution in [1.82, 2.24) is 10.3 Å². The van der Waals surface area contributed by atoms with Crippen LogP contribution in [0.25, 0.3) is 0 Å². The molecule has 0 unspecified atom stereocenters. The van der Waals surface area contributed by atoms with Crippen molar-refractivity contribution < 1.29 is 4.79 Å². The molecule has 4 nitrogen and oxygen atoms in total. The van der Waals surface area contributed by atoms with Gasteiger partial charge in [0, 0.05) is 11.1 Å². The maximum atomic E-state index is 11.9. The van der Waals surface area contributed by atoms with Crippen LogP contribution in [-0.2, 0) is 10.3 Å². The highest BCUT2D eigenvalue weighted by Gasteiger charge is 2.43. The number of aryl methyl sites for hydroxylation is 1. The molecule has 1 aliphatic rings. The molecule has 3 N–H and O–H groups in total. The van der Waals surface area contributed by atoms with Crippen LogP contribution in [0.2, 0.25) is 0 Å². The van der Waals surface area contributed by atoms with Crippen molar-refractivity contribution in [2.75, 3.05) is 0 Å². The summed E-state index contributed by atoms with van der Waals surface area (Å²) in [6, 6.07) is -0.409. The van der Waals surface area contributed by atoms with E-state index in [0.717, 1.165) is 30.0 Å². The Hall–Kier alpha value is -0.940. The molecule has 94 valence electrons. The number of nitrogens with zero attached hydrogens (tertiary/aromatic N) is 1. The first-order valence-electron chi connectivity index (χ1n) is 6.07. The summed E-state index contributed by atoms with van der Waals surface area (Å²) in [6.45, 7) is 3.90. The van der Waals surface area contributed by atoms with Crippen LogP contribution in [0.5, 0.6) is 0 Å². The second-order valence-corrected chi connectivity index (χ2v) is 5.59. The van der Waals surface area contributed by atoms with Crippen LogP contribution in [0.4, 0.5) is 0 Å². The lowest BCUT2D eigenvalue weighted by molar-refractivity contribution is -0.125. The lowest BCUT2D eigenvalue weighted by Crippen LogP contribution is -2.55. The van der Waals surface area contributed by atoms with Crippen molar-refractivity contribution in [3.05, 3.63) is 16.1 Å². The summed E-state index contributed by atoms with van der Waals surface area (Å²) in [5.74, 6) is -0.0555. The smallest absolute Gasteiger partial charge is 0.237 e. The molecule has 1 atom stereocenters. The van der Waals surface area contributed by atoms with Gasteiger partial charge in [-0.3, -0.25) is 4.79 Å². The Kier molecular flexibility index (Phi) is 3.49. The van der Waals surface area contributed by atoms with Crippen molar-refractivity contribution >= 4 is 17.2 Å². The van der Waals surface area contributed by atoms with Gasteiger partial charge in [0.05, 0.1) is 11.6 Å². The number of rotatable bonds is 4. The van der Waals surface area contributed by atoms with Gasteiger partial charge in [-0.25, -0.2) is 4.98 Å². The van der Waals surface area contributed by atoms with Crippen molar-refractivity contribution in [3.8, 4) is 0 Å². The highest BCUT2D eigenvalue weighted by molar-refractivity contribution is 7.09. The fourth-order valence-corrected chi connectivity index (χ4v) is 3.02. The van der Waals surface area contributed by atoms with E-state index >= 15 is 0 Å². The highest BCUT2D eigenvalue weighted by atomic mass is 32.1. The zero-order valence-corrected chi connectivity index (χ0v) is 11.1. The molecule has 2 rings (SSSR count). The third kappa shape index (κ3) is 2.35.